The van der Waals surface area contributed by atoms with Gasteiger partial charge in [0, 0.05) is 15.7 Å². The van der Waals surface area contributed by atoms with Crippen molar-refractivity contribution in [3.8, 4) is 0 Å². The highest BCUT2D eigenvalue weighted by Crippen LogP contribution is 2.08. The van der Waals surface area contributed by atoms with Crippen molar-refractivity contribution in [2.45, 2.75) is 39.2 Å². The van der Waals surface area contributed by atoms with Crippen molar-refractivity contribution in [2.75, 3.05) is 6.56 Å². The highest BCUT2D eigenvalue weighted by molar-refractivity contribution is 5.69. The molecule has 3 heteroatoms. The van der Waals surface area contributed by atoms with Gasteiger partial charge in [-0.25, -0.2) is 0 Å². The molecule has 0 aromatic carbocycles. The van der Waals surface area contributed by atoms with Gasteiger partial charge >= 0.3 is 5.97 Å². The lowest BCUT2D eigenvalue weighted by Crippen LogP contribution is -2.23. The molecule has 0 heterocycles. The maximum Gasteiger partial charge on any atom is 0.306 e. The third kappa shape index (κ3) is 7.33. The summed E-state index contributed by atoms with van der Waals surface area (Å²) in [7, 11) is 0. The van der Waals surface area contributed by atoms with Gasteiger partial charge in [0.05, 0.1) is 2.74 Å². The van der Waals surface area contributed by atoms with Crippen LogP contribution in [0.5, 0.6) is 0 Å². The van der Waals surface area contributed by atoms with E-state index in [1.54, 1.807) is 20.8 Å². The fourth-order valence-electron chi connectivity index (χ4n) is 0.489. The van der Waals surface area contributed by atoms with Crippen molar-refractivity contribution < 1.29 is 20.1 Å². The van der Waals surface area contributed by atoms with E-state index in [9.17, 15) is 4.79 Å². The molecule has 0 saturated carbocycles. The number of esters is 1. The minimum Gasteiger partial charge on any atom is -0.460 e. The molecule has 66 valence electrons. The van der Waals surface area contributed by atoms with Crippen molar-refractivity contribution in [3.05, 3.63) is 0 Å². The number of hydrogen-bond acceptors (Lipinski definition) is 3. The van der Waals surface area contributed by atoms with Gasteiger partial charge in [-0.3, -0.25) is 4.79 Å². The van der Waals surface area contributed by atoms with E-state index in [0.29, 0.717) is 0 Å². The quantitative estimate of drug-likeness (QED) is 0.635. The van der Waals surface area contributed by atoms with E-state index in [4.69, 9.17) is 15.3 Å². The van der Waals surface area contributed by atoms with Crippen molar-refractivity contribution in [1.82, 2.24) is 0 Å². The Morgan fingerprint density at radius 2 is 2.18 bits per heavy atom. The van der Waals surface area contributed by atoms with Crippen LogP contribution in [0.1, 0.15) is 39.0 Å². The highest BCUT2D eigenvalue weighted by Gasteiger charge is 2.15. The fourth-order valence-corrected chi connectivity index (χ4v) is 0.489. The molecule has 0 amide bonds. The number of ether oxygens (including phenoxy) is 1. The van der Waals surface area contributed by atoms with Crippen LogP contribution in [0.15, 0.2) is 0 Å². The van der Waals surface area contributed by atoms with E-state index in [1.807, 2.05) is 0 Å². The minimum absolute atomic E-state index is 0.755. The molecule has 0 aliphatic heterocycles. The number of aliphatic hydroxyl groups is 1. The molecule has 3 nitrogen and oxygen atoms in total. The average molecular weight is 164 g/mol. The zero-order valence-electron chi connectivity index (χ0n) is 11.0. The molecule has 0 atom stereocenters. The second-order valence-corrected chi connectivity index (χ2v) is 3.05. The molecule has 0 saturated heterocycles. The van der Waals surface area contributed by atoms with E-state index < -0.39 is 30.9 Å². The van der Waals surface area contributed by atoms with Crippen molar-refractivity contribution in [1.29, 1.82) is 0 Å². The van der Waals surface area contributed by atoms with Crippen molar-refractivity contribution in [2.24, 2.45) is 0 Å². The van der Waals surface area contributed by atoms with Crippen LogP contribution in [-0.2, 0) is 9.53 Å². The van der Waals surface area contributed by atoms with Crippen LogP contribution in [0.2, 0.25) is 0 Å². The molecule has 0 fully saturated rings. The Kier molecular flexibility index (Phi) is 2.03. The number of hydrogen-bond donors (Lipinski definition) is 1. The van der Waals surface area contributed by atoms with Gasteiger partial charge in [-0.05, 0) is 27.1 Å². The summed E-state index contributed by atoms with van der Waals surface area (Å²) in [6, 6.07) is 0. The van der Waals surface area contributed by atoms with E-state index in [1.165, 1.54) is 0 Å². The topological polar surface area (TPSA) is 46.5 Å². The van der Waals surface area contributed by atoms with Crippen LogP contribution < -0.4 is 0 Å². The summed E-state index contributed by atoms with van der Waals surface area (Å²) in [5.41, 5.74) is -0.755. The van der Waals surface area contributed by atoms with E-state index in [-0.39, 0.29) is 0 Å². The Morgan fingerprint density at radius 3 is 2.55 bits per heavy atom. The third-order valence-corrected chi connectivity index (χ3v) is 0.732. The van der Waals surface area contributed by atoms with Crippen LogP contribution in [-0.4, -0.2) is 23.2 Å². The first-order valence-electron chi connectivity index (χ1n) is 5.29. The lowest BCUT2D eigenvalue weighted by molar-refractivity contribution is -0.155. The van der Waals surface area contributed by atoms with Gasteiger partial charge in [-0.2, -0.15) is 0 Å². The molecule has 0 radical (unpaired) electrons. The predicted octanol–water partition coefficient (Wildman–Crippen LogP) is 1.10. The van der Waals surface area contributed by atoms with Gasteiger partial charge in [0.1, 0.15) is 5.60 Å². The Balaban J connectivity index is 4.43. The molecule has 0 bridgehead atoms. The average Bonchev–Trinajstić information content (AvgIpc) is 1.75. The maximum absolute atomic E-state index is 11.2. The fraction of sp³-hybridized carbons (Fsp3) is 0.875. The molecule has 0 aromatic rings. The largest absolute Gasteiger partial charge is 0.460 e. The first kappa shape index (κ1) is 5.14. The van der Waals surface area contributed by atoms with Crippen molar-refractivity contribution in [3.63, 3.8) is 0 Å². The molecule has 0 rings (SSSR count). The molecule has 0 aromatic heterocycles. The lowest BCUT2D eigenvalue weighted by atomic mass is 10.2. The second-order valence-electron chi connectivity index (χ2n) is 3.05. The number of carbonyl (C=O) groups is 1. The van der Waals surface area contributed by atoms with Crippen molar-refractivity contribution >= 4 is 5.97 Å². The van der Waals surface area contributed by atoms with E-state index in [0.717, 1.165) is 0 Å². The van der Waals surface area contributed by atoms with E-state index >= 15 is 0 Å². The van der Waals surface area contributed by atoms with E-state index in [2.05, 4.69) is 0 Å². The van der Waals surface area contributed by atoms with Gasteiger partial charge in [0.25, 0.3) is 0 Å². The summed E-state index contributed by atoms with van der Waals surface area (Å²) in [6.07, 6.45) is -3.48. The molecular weight excluding hydrogens is 144 g/mol. The first-order chi connectivity index (χ1) is 6.35. The summed E-state index contributed by atoms with van der Waals surface area (Å²) in [5, 5.41) is 8.84. The summed E-state index contributed by atoms with van der Waals surface area (Å²) in [6.45, 7) is 1.79. The normalized spacial score (nSPS) is 19.3. The molecule has 0 aliphatic carbocycles. The Bertz CT molecular complexity index is 239. The third-order valence-electron chi connectivity index (χ3n) is 0.732. The van der Waals surface area contributed by atoms with Crippen LogP contribution in [0.25, 0.3) is 0 Å². The van der Waals surface area contributed by atoms with Gasteiger partial charge in [-0.1, -0.05) is 0 Å². The summed E-state index contributed by atoms with van der Waals surface area (Å²) in [5.74, 6) is -0.884. The number of rotatable bonds is 3. The summed E-state index contributed by atoms with van der Waals surface area (Å²) < 4.78 is 32.7. The summed E-state index contributed by atoms with van der Waals surface area (Å²) >= 11 is 0. The monoisotopic (exact) mass is 164 g/mol. The van der Waals surface area contributed by atoms with Gasteiger partial charge < -0.3 is 9.84 Å². The van der Waals surface area contributed by atoms with Gasteiger partial charge in [-0.15, -0.1) is 0 Å². The smallest absolute Gasteiger partial charge is 0.306 e. The van der Waals surface area contributed by atoms with Gasteiger partial charge in [0.2, 0.25) is 0 Å². The maximum atomic E-state index is 11.2. The van der Waals surface area contributed by atoms with Crippen LogP contribution in [0, 0.1) is 0 Å². The molecule has 0 aliphatic rings. The van der Waals surface area contributed by atoms with Gasteiger partial charge in [0.15, 0.2) is 0 Å². The Morgan fingerprint density at radius 1 is 1.64 bits per heavy atom. The highest BCUT2D eigenvalue weighted by atomic mass is 16.6. The molecule has 1 N–H and O–H groups in total. The molecular formula is C8H16O3. The SMILES string of the molecule is [2H]C([2H])(O)C([2H])([2H])CC(=O)OC(C)(C)C. The van der Waals surface area contributed by atoms with Crippen LogP contribution in [0.3, 0.4) is 0 Å². The molecule has 0 unspecified atom stereocenters. The zero-order valence-corrected chi connectivity index (χ0v) is 6.97. The van der Waals surface area contributed by atoms with Crippen LogP contribution in [0.4, 0.5) is 0 Å². The zero-order chi connectivity index (χ0) is 12.5. The molecule has 11 heavy (non-hydrogen) atoms. The minimum atomic E-state index is -3.07. The predicted molar refractivity (Wildman–Crippen MR) is 42.2 cm³/mol. The standard InChI is InChI=1S/C8H16O3/c1-8(2,3)11-7(10)5-4-6-9/h9H,4-6H2,1-3H3/i4D2,6D2. The molecule has 0 spiro atoms. The van der Waals surface area contributed by atoms with Crippen LogP contribution >= 0.6 is 0 Å². The Hall–Kier alpha value is -0.570. The lowest BCUT2D eigenvalue weighted by Gasteiger charge is -2.19. The second kappa shape index (κ2) is 4.34. The number of carbonyl (C=O) groups excluding carboxylic acids is 1. The first-order valence-corrected chi connectivity index (χ1v) is 3.29. The Labute approximate surface area is 73.0 Å². The summed E-state index contributed by atoms with van der Waals surface area (Å²) in [4.78, 5) is 11.2.